The second-order valence-corrected chi connectivity index (χ2v) is 2.45. The lowest BCUT2D eigenvalue weighted by molar-refractivity contribution is -0.327. The van der Waals surface area contributed by atoms with Crippen LogP contribution in [0.15, 0.2) is 0 Å². The molecule has 0 radical (unpaired) electrons. The van der Waals surface area contributed by atoms with E-state index in [1.807, 2.05) is 13.8 Å². The minimum absolute atomic E-state index is 0.215. The minimum atomic E-state index is -0.597. The molecule has 60 valence electrons. The van der Waals surface area contributed by atoms with Gasteiger partial charge in [-0.3, -0.25) is 0 Å². The Kier molecular flexibility index (Phi) is 2.62. The summed E-state index contributed by atoms with van der Waals surface area (Å²) >= 11 is 0. The molecular formula is C6H12O4. The van der Waals surface area contributed by atoms with Crippen LogP contribution in [0.2, 0.25) is 0 Å². The fraction of sp³-hybridized carbons (Fsp3) is 1.00. The van der Waals surface area contributed by atoms with Gasteiger partial charge >= 0.3 is 0 Å². The monoisotopic (exact) mass is 148 g/mol. The Morgan fingerprint density at radius 3 is 1.90 bits per heavy atom. The standard InChI is InChI=1S/C6H12O4/c1-6(2)9-4-7-3-8-5-10-6/h3-5H2,1-2H3. The van der Waals surface area contributed by atoms with Crippen molar-refractivity contribution in [3.05, 3.63) is 0 Å². The third-order valence-electron chi connectivity index (χ3n) is 1.15. The molecule has 0 bridgehead atoms. The zero-order valence-corrected chi connectivity index (χ0v) is 6.25. The normalized spacial score (nSPS) is 27.0. The van der Waals surface area contributed by atoms with Crippen molar-refractivity contribution >= 4 is 0 Å². The molecule has 0 aromatic carbocycles. The van der Waals surface area contributed by atoms with Crippen molar-refractivity contribution in [1.29, 1.82) is 0 Å². The highest BCUT2D eigenvalue weighted by molar-refractivity contribution is 4.50. The fourth-order valence-corrected chi connectivity index (χ4v) is 0.536. The van der Waals surface area contributed by atoms with Gasteiger partial charge in [0.05, 0.1) is 0 Å². The third kappa shape index (κ3) is 2.62. The summed E-state index contributed by atoms with van der Waals surface area (Å²) < 4.78 is 20.1. The molecule has 0 saturated carbocycles. The van der Waals surface area contributed by atoms with Crippen molar-refractivity contribution in [2.45, 2.75) is 19.6 Å². The highest BCUT2D eigenvalue weighted by Gasteiger charge is 2.20. The van der Waals surface area contributed by atoms with Gasteiger partial charge in [-0.1, -0.05) is 0 Å². The highest BCUT2D eigenvalue weighted by atomic mass is 16.9. The molecule has 0 amide bonds. The van der Waals surface area contributed by atoms with Crippen LogP contribution in [0, 0.1) is 0 Å². The average molecular weight is 148 g/mol. The molecule has 1 rings (SSSR count). The first kappa shape index (κ1) is 7.94. The third-order valence-corrected chi connectivity index (χ3v) is 1.15. The van der Waals surface area contributed by atoms with E-state index in [0.29, 0.717) is 0 Å². The van der Waals surface area contributed by atoms with Crippen LogP contribution >= 0.6 is 0 Å². The summed E-state index contributed by atoms with van der Waals surface area (Å²) in [6.45, 7) is 4.28. The van der Waals surface area contributed by atoms with Gasteiger partial charge in [-0.2, -0.15) is 0 Å². The molecule has 0 atom stereocenters. The van der Waals surface area contributed by atoms with Gasteiger partial charge in [0.1, 0.15) is 0 Å². The lowest BCUT2D eigenvalue weighted by Gasteiger charge is -2.27. The molecule has 0 aliphatic carbocycles. The van der Waals surface area contributed by atoms with Crippen LogP contribution in [0.3, 0.4) is 0 Å². The molecule has 1 aliphatic rings. The summed E-state index contributed by atoms with van der Waals surface area (Å²) in [5.74, 6) is -0.597. The Labute approximate surface area is 60.0 Å². The van der Waals surface area contributed by atoms with Crippen molar-refractivity contribution in [2.24, 2.45) is 0 Å². The maximum atomic E-state index is 5.15. The topological polar surface area (TPSA) is 36.9 Å². The van der Waals surface area contributed by atoms with Gasteiger partial charge in [-0.05, 0) is 13.8 Å². The summed E-state index contributed by atoms with van der Waals surface area (Å²) in [5.41, 5.74) is 0. The summed E-state index contributed by atoms with van der Waals surface area (Å²) in [5, 5.41) is 0. The van der Waals surface area contributed by atoms with E-state index in [1.165, 1.54) is 0 Å². The van der Waals surface area contributed by atoms with Crippen molar-refractivity contribution in [2.75, 3.05) is 20.4 Å². The summed E-state index contributed by atoms with van der Waals surface area (Å²) in [6.07, 6.45) is 0. The van der Waals surface area contributed by atoms with Gasteiger partial charge in [0.2, 0.25) is 0 Å². The molecule has 0 unspecified atom stereocenters. The minimum Gasteiger partial charge on any atom is -0.329 e. The predicted molar refractivity (Wildman–Crippen MR) is 33.0 cm³/mol. The Bertz CT molecular complexity index is 91.9. The SMILES string of the molecule is CC1(C)OCOCOCO1. The van der Waals surface area contributed by atoms with Gasteiger partial charge in [-0.15, -0.1) is 0 Å². The van der Waals surface area contributed by atoms with E-state index < -0.39 is 5.79 Å². The Morgan fingerprint density at radius 1 is 0.900 bits per heavy atom. The first-order chi connectivity index (χ1) is 4.71. The molecule has 4 heteroatoms. The molecule has 1 aliphatic heterocycles. The number of rotatable bonds is 0. The Balaban J connectivity index is 2.30. The van der Waals surface area contributed by atoms with Crippen LogP contribution < -0.4 is 0 Å². The number of ether oxygens (including phenoxy) is 4. The lowest BCUT2D eigenvalue weighted by atomic mass is 10.4. The maximum absolute atomic E-state index is 5.15. The first-order valence-corrected chi connectivity index (χ1v) is 3.14. The van der Waals surface area contributed by atoms with Crippen LogP contribution in [-0.2, 0) is 18.9 Å². The fourth-order valence-electron chi connectivity index (χ4n) is 0.536. The quantitative estimate of drug-likeness (QED) is 0.506. The van der Waals surface area contributed by atoms with Crippen LogP contribution in [0.1, 0.15) is 13.8 Å². The molecule has 0 N–H and O–H groups in total. The molecular weight excluding hydrogens is 136 g/mol. The molecule has 1 saturated heterocycles. The summed E-state index contributed by atoms with van der Waals surface area (Å²) in [7, 11) is 0. The molecule has 0 spiro atoms. The smallest absolute Gasteiger partial charge is 0.168 e. The molecule has 4 nitrogen and oxygen atoms in total. The molecule has 0 aromatic heterocycles. The van der Waals surface area contributed by atoms with Crippen LogP contribution in [0.25, 0.3) is 0 Å². The van der Waals surface area contributed by atoms with Crippen molar-refractivity contribution in [3.63, 3.8) is 0 Å². The largest absolute Gasteiger partial charge is 0.329 e. The van der Waals surface area contributed by atoms with E-state index in [-0.39, 0.29) is 20.4 Å². The van der Waals surface area contributed by atoms with Crippen LogP contribution in [-0.4, -0.2) is 26.2 Å². The Morgan fingerprint density at radius 2 is 1.40 bits per heavy atom. The second kappa shape index (κ2) is 3.30. The average Bonchev–Trinajstić information content (AvgIpc) is 1.81. The van der Waals surface area contributed by atoms with Crippen molar-refractivity contribution < 1.29 is 18.9 Å². The van der Waals surface area contributed by atoms with Gasteiger partial charge in [0, 0.05) is 0 Å². The first-order valence-electron chi connectivity index (χ1n) is 3.14. The van der Waals surface area contributed by atoms with Gasteiger partial charge in [0.25, 0.3) is 0 Å². The number of hydrogen-bond acceptors (Lipinski definition) is 4. The van der Waals surface area contributed by atoms with E-state index in [0.717, 1.165) is 0 Å². The van der Waals surface area contributed by atoms with E-state index in [2.05, 4.69) is 0 Å². The molecule has 10 heavy (non-hydrogen) atoms. The van der Waals surface area contributed by atoms with E-state index >= 15 is 0 Å². The second-order valence-electron chi connectivity index (χ2n) is 2.45. The van der Waals surface area contributed by atoms with E-state index in [9.17, 15) is 0 Å². The predicted octanol–water partition coefficient (Wildman–Crippen LogP) is 0.675. The zero-order valence-electron chi connectivity index (χ0n) is 6.25. The van der Waals surface area contributed by atoms with Gasteiger partial charge in [-0.25, -0.2) is 0 Å². The summed E-state index contributed by atoms with van der Waals surface area (Å²) in [6, 6.07) is 0. The molecule has 1 fully saturated rings. The van der Waals surface area contributed by atoms with Crippen molar-refractivity contribution in [1.82, 2.24) is 0 Å². The maximum Gasteiger partial charge on any atom is 0.168 e. The molecule has 0 aromatic rings. The Hall–Kier alpha value is -0.160. The van der Waals surface area contributed by atoms with Gasteiger partial charge in [0.15, 0.2) is 26.2 Å². The summed E-state index contributed by atoms with van der Waals surface area (Å²) in [4.78, 5) is 0. The molecule has 1 heterocycles. The van der Waals surface area contributed by atoms with Crippen LogP contribution in [0.5, 0.6) is 0 Å². The van der Waals surface area contributed by atoms with E-state index in [1.54, 1.807) is 0 Å². The number of hydrogen-bond donors (Lipinski definition) is 0. The zero-order chi connectivity index (χ0) is 7.45. The van der Waals surface area contributed by atoms with Crippen LogP contribution in [0.4, 0.5) is 0 Å². The van der Waals surface area contributed by atoms with Crippen molar-refractivity contribution in [3.8, 4) is 0 Å². The highest BCUT2D eigenvalue weighted by Crippen LogP contribution is 2.12. The lowest BCUT2D eigenvalue weighted by Crippen LogP contribution is -2.33. The van der Waals surface area contributed by atoms with E-state index in [4.69, 9.17) is 18.9 Å². The van der Waals surface area contributed by atoms with Gasteiger partial charge < -0.3 is 18.9 Å².